The van der Waals surface area contributed by atoms with E-state index in [1.54, 1.807) is 18.3 Å². The maximum atomic E-state index is 12.2. The van der Waals surface area contributed by atoms with Gasteiger partial charge in [0.05, 0.1) is 11.1 Å². The van der Waals surface area contributed by atoms with Gasteiger partial charge in [-0.3, -0.25) is 14.6 Å². The van der Waals surface area contributed by atoms with E-state index in [0.29, 0.717) is 5.56 Å². The van der Waals surface area contributed by atoms with Gasteiger partial charge in [-0.1, -0.05) is 30.3 Å². The Morgan fingerprint density at radius 3 is 2.57 bits per heavy atom. The van der Waals surface area contributed by atoms with Crippen molar-refractivity contribution < 1.29 is 14.3 Å². The monoisotopic (exact) mass is 377 g/mol. The second-order valence-electron chi connectivity index (χ2n) is 6.01. The van der Waals surface area contributed by atoms with Crippen molar-refractivity contribution >= 4 is 11.9 Å². The minimum absolute atomic E-state index is 0.153. The third-order valence-corrected chi connectivity index (χ3v) is 3.99. The van der Waals surface area contributed by atoms with Crippen molar-refractivity contribution in [2.45, 2.75) is 13.2 Å². The molecule has 3 aromatic rings. The predicted octanol–water partition coefficient (Wildman–Crippen LogP) is 2.03. The zero-order valence-corrected chi connectivity index (χ0v) is 15.1. The van der Waals surface area contributed by atoms with Crippen LogP contribution in [0.15, 0.2) is 78.0 Å². The predicted molar refractivity (Wildman–Crippen MR) is 103 cm³/mol. The van der Waals surface area contributed by atoms with E-state index < -0.39 is 5.97 Å². The Morgan fingerprint density at radius 1 is 1.00 bits per heavy atom. The lowest BCUT2D eigenvalue weighted by molar-refractivity contribution is 0.0471. The number of pyridine rings is 2. The normalized spacial score (nSPS) is 10.3. The van der Waals surface area contributed by atoms with E-state index in [0.717, 1.165) is 5.56 Å². The number of hydrogen-bond acceptors (Lipinski definition) is 5. The lowest BCUT2D eigenvalue weighted by atomic mass is 10.2. The number of esters is 1. The summed E-state index contributed by atoms with van der Waals surface area (Å²) < 4.78 is 6.64. The van der Waals surface area contributed by atoms with Crippen LogP contribution in [-0.2, 0) is 17.9 Å². The molecule has 0 bridgehead atoms. The highest BCUT2D eigenvalue weighted by Gasteiger charge is 2.10. The SMILES string of the molecule is O=C(NCCn1cc(C(=O)OCc2ccccc2)ccc1=O)c1cccnc1. The maximum absolute atomic E-state index is 12.2. The van der Waals surface area contributed by atoms with Gasteiger partial charge in [-0.25, -0.2) is 4.79 Å². The lowest BCUT2D eigenvalue weighted by Crippen LogP contribution is -2.31. The molecule has 1 aromatic carbocycles. The van der Waals surface area contributed by atoms with Gasteiger partial charge in [-0.2, -0.15) is 0 Å². The summed E-state index contributed by atoms with van der Waals surface area (Å²) in [6, 6.07) is 15.4. The van der Waals surface area contributed by atoms with Gasteiger partial charge in [-0.05, 0) is 23.8 Å². The Labute approximate surface area is 161 Å². The maximum Gasteiger partial charge on any atom is 0.339 e. The summed E-state index contributed by atoms with van der Waals surface area (Å²) in [5.41, 5.74) is 1.32. The summed E-state index contributed by atoms with van der Waals surface area (Å²) in [6.07, 6.45) is 4.48. The average molecular weight is 377 g/mol. The summed E-state index contributed by atoms with van der Waals surface area (Å²) in [7, 11) is 0. The highest BCUT2D eigenvalue weighted by molar-refractivity contribution is 5.93. The molecule has 28 heavy (non-hydrogen) atoms. The summed E-state index contributed by atoms with van der Waals surface area (Å²) in [5, 5.41) is 2.72. The quantitative estimate of drug-likeness (QED) is 0.636. The van der Waals surface area contributed by atoms with Gasteiger partial charge in [0.25, 0.3) is 11.5 Å². The third-order valence-electron chi connectivity index (χ3n) is 3.99. The molecule has 0 atom stereocenters. The lowest BCUT2D eigenvalue weighted by Gasteiger charge is -2.10. The molecule has 0 fully saturated rings. The second kappa shape index (κ2) is 9.27. The van der Waals surface area contributed by atoms with E-state index in [9.17, 15) is 14.4 Å². The number of aromatic nitrogens is 2. The molecule has 7 nitrogen and oxygen atoms in total. The number of carbonyl (C=O) groups excluding carboxylic acids is 2. The minimum Gasteiger partial charge on any atom is -0.457 e. The first-order valence-electron chi connectivity index (χ1n) is 8.73. The van der Waals surface area contributed by atoms with Gasteiger partial charge in [0, 0.05) is 37.7 Å². The van der Waals surface area contributed by atoms with Gasteiger partial charge >= 0.3 is 5.97 Å². The fraction of sp³-hybridized carbons (Fsp3) is 0.143. The summed E-state index contributed by atoms with van der Waals surface area (Å²) in [4.78, 5) is 40.1. The molecule has 142 valence electrons. The van der Waals surface area contributed by atoms with Gasteiger partial charge in [0.15, 0.2) is 0 Å². The van der Waals surface area contributed by atoms with Gasteiger partial charge < -0.3 is 14.6 Å². The van der Waals surface area contributed by atoms with Crippen molar-refractivity contribution in [3.05, 3.63) is 100 Å². The van der Waals surface area contributed by atoms with E-state index in [1.807, 2.05) is 30.3 Å². The molecule has 0 saturated heterocycles. The number of hydrogen-bond donors (Lipinski definition) is 1. The van der Waals surface area contributed by atoms with Crippen molar-refractivity contribution in [3.8, 4) is 0 Å². The Morgan fingerprint density at radius 2 is 1.82 bits per heavy atom. The van der Waals surface area contributed by atoms with Crippen LogP contribution >= 0.6 is 0 Å². The molecular formula is C21H19N3O4. The van der Waals surface area contributed by atoms with E-state index in [1.165, 1.54) is 29.1 Å². The molecule has 0 aliphatic carbocycles. The number of nitrogens with zero attached hydrogens (tertiary/aromatic N) is 2. The van der Waals surface area contributed by atoms with Crippen LogP contribution in [0.25, 0.3) is 0 Å². The molecule has 0 aliphatic rings. The first kappa shape index (κ1) is 19.0. The van der Waals surface area contributed by atoms with Crippen LogP contribution in [0.4, 0.5) is 0 Å². The van der Waals surface area contributed by atoms with Crippen LogP contribution in [0.2, 0.25) is 0 Å². The zero-order chi connectivity index (χ0) is 19.8. The van der Waals surface area contributed by atoms with Crippen LogP contribution in [0.5, 0.6) is 0 Å². The molecule has 2 aromatic heterocycles. The third kappa shape index (κ3) is 5.14. The second-order valence-corrected chi connectivity index (χ2v) is 6.01. The molecule has 1 N–H and O–H groups in total. The number of carbonyl (C=O) groups is 2. The van der Waals surface area contributed by atoms with Gasteiger partial charge in [-0.15, -0.1) is 0 Å². The van der Waals surface area contributed by atoms with E-state index in [-0.39, 0.29) is 36.7 Å². The van der Waals surface area contributed by atoms with Gasteiger partial charge in [0.2, 0.25) is 0 Å². The summed E-state index contributed by atoms with van der Waals surface area (Å²) in [6.45, 7) is 0.612. The Balaban J connectivity index is 1.57. The van der Waals surface area contributed by atoms with E-state index >= 15 is 0 Å². The minimum atomic E-state index is -0.517. The fourth-order valence-electron chi connectivity index (χ4n) is 2.52. The van der Waals surface area contributed by atoms with Crippen molar-refractivity contribution in [3.63, 3.8) is 0 Å². The van der Waals surface area contributed by atoms with Crippen LogP contribution in [0, 0.1) is 0 Å². The number of nitrogens with one attached hydrogen (secondary N) is 1. The molecule has 0 spiro atoms. The average Bonchev–Trinajstić information content (AvgIpc) is 2.74. The number of rotatable bonds is 7. The molecule has 3 rings (SSSR count). The van der Waals surface area contributed by atoms with E-state index in [4.69, 9.17) is 4.74 Å². The molecular weight excluding hydrogens is 358 g/mol. The Hall–Kier alpha value is -3.74. The van der Waals surface area contributed by atoms with Crippen molar-refractivity contribution in [2.24, 2.45) is 0 Å². The number of amides is 1. The van der Waals surface area contributed by atoms with E-state index in [2.05, 4.69) is 10.3 Å². The molecule has 1 amide bonds. The topological polar surface area (TPSA) is 90.3 Å². The highest BCUT2D eigenvalue weighted by atomic mass is 16.5. The highest BCUT2D eigenvalue weighted by Crippen LogP contribution is 2.05. The molecule has 7 heteroatoms. The van der Waals surface area contributed by atoms with Crippen molar-refractivity contribution in [1.82, 2.24) is 14.9 Å². The number of ether oxygens (including phenoxy) is 1. The Bertz CT molecular complexity index is 1000. The smallest absolute Gasteiger partial charge is 0.339 e. The van der Waals surface area contributed by atoms with Crippen LogP contribution in [0.1, 0.15) is 26.3 Å². The fourth-order valence-corrected chi connectivity index (χ4v) is 2.52. The van der Waals surface area contributed by atoms with Gasteiger partial charge in [0.1, 0.15) is 6.61 Å². The first-order valence-corrected chi connectivity index (χ1v) is 8.73. The number of benzene rings is 1. The molecule has 2 heterocycles. The molecule has 0 radical (unpaired) electrons. The van der Waals surface area contributed by atoms with Crippen molar-refractivity contribution in [1.29, 1.82) is 0 Å². The zero-order valence-electron chi connectivity index (χ0n) is 15.1. The van der Waals surface area contributed by atoms with Crippen LogP contribution < -0.4 is 10.9 Å². The Kier molecular flexibility index (Phi) is 6.30. The summed E-state index contributed by atoms with van der Waals surface area (Å²) >= 11 is 0. The molecule has 0 saturated carbocycles. The largest absolute Gasteiger partial charge is 0.457 e. The first-order chi connectivity index (χ1) is 13.6. The molecule has 0 aliphatic heterocycles. The standard InChI is InChI=1S/C21H19N3O4/c25-19-9-8-18(21(27)28-15-16-5-2-1-3-6-16)14-24(19)12-11-23-20(26)17-7-4-10-22-13-17/h1-10,13-14H,11-12,15H2,(H,23,26). The summed E-state index contributed by atoms with van der Waals surface area (Å²) in [5.74, 6) is -0.795. The molecule has 0 unspecified atom stereocenters. The van der Waals surface area contributed by atoms with Crippen molar-refractivity contribution in [2.75, 3.05) is 6.54 Å². The van der Waals surface area contributed by atoms with Crippen LogP contribution in [-0.4, -0.2) is 28.0 Å². The van der Waals surface area contributed by atoms with Crippen LogP contribution in [0.3, 0.4) is 0 Å².